The van der Waals surface area contributed by atoms with Gasteiger partial charge in [0.2, 0.25) is 0 Å². The highest BCUT2D eigenvalue weighted by Gasteiger charge is 2.40. The first kappa shape index (κ1) is 19.0. The van der Waals surface area contributed by atoms with E-state index < -0.39 is 0 Å². The molecule has 0 N–H and O–H groups in total. The molecule has 0 bridgehead atoms. The van der Waals surface area contributed by atoms with E-state index >= 15 is 0 Å². The van der Waals surface area contributed by atoms with Gasteiger partial charge < -0.3 is 9.80 Å². The zero-order valence-corrected chi connectivity index (χ0v) is 17.7. The summed E-state index contributed by atoms with van der Waals surface area (Å²) in [5.41, 5.74) is 2.52. The van der Waals surface area contributed by atoms with Gasteiger partial charge in [-0.1, -0.05) is 36.4 Å². The van der Waals surface area contributed by atoms with Gasteiger partial charge in [-0.25, -0.2) is 0 Å². The molecule has 2 fully saturated rings. The maximum atomic E-state index is 13.6. The molecule has 6 rings (SSSR count). The lowest BCUT2D eigenvalue weighted by molar-refractivity contribution is 0.0678. The molecule has 0 aliphatic carbocycles. The van der Waals surface area contributed by atoms with Gasteiger partial charge in [0.1, 0.15) is 0 Å². The molecule has 2 aliphatic rings. The van der Waals surface area contributed by atoms with Crippen LogP contribution in [0.2, 0.25) is 0 Å². The van der Waals surface area contributed by atoms with Crippen molar-refractivity contribution < 1.29 is 4.79 Å². The molecule has 0 unspecified atom stereocenters. The second-order valence-corrected chi connectivity index (χ2v) is 8.56. The molecule has 160 valence electrons. The van der Waals surface area contributed by atoms with Crippen molar-refractivity contribution in [3.63, 3.8) is 0 Å². The first-order valence-corrected chi connectivity index (χ1v) is 11.1. The number of carbonyl (C=O) groups excluding carboxylic acids is 1. The lowest BCUT2D eigenvalue weighted by atomic mass is 9.91. The third kappa shape index (κ3) is 3.12. The smallest absolute Gasteiger partial charge is 0.256 e. The van der Waals surface area contributed by atoms with Gasteiger partial charge in [0, 0.05) is 42.6 Å². The number of anilines is 1. The lowest BCUT2D eigenvalue weighted by Crippen LogP contribution is -2.50. The van der Waals surface area contributed by atoms with Gasteiger partial charge in [-0.3, -0.25) is 9.78 Å². The second kappa shape index (κ2) is 7.75. The summed E-state index contributed by atoms with van der Waals surface area (Å²) in [5.74, 6) is 0.639. The summed E-state index contributed by atoms with van der Waals surface area (Å²) in [6, 6.07) is 16.3. The normalized spacial score (nSPS) is 20.5. The number of fused-ring (bicyclic) bond motifs is 2. The van der Waals surface area contributed by atoms with Gasteiger partial charge in [-0.15, -0.1) is 0 Å². The Morgan fingerprint density at radius 2 is 1.66 bits per heavy atom. The molecule has 2 aliphatic heterocycles. The van der Waals surface area contributed by atoms with E-state index in [2.05, 4.69) is 38.3 Å². The third-order valence-electron chi connectivity index (χ3n) is 6.88. The van der Waals surface area contributed by atoms with E-state index in [0.717, 1.165) is 31.3 Å². The fourth-order valence-corrected chi connectivity index (χ4v) is 5.29. The number of nitrogens with zero attached hydrogens (tertiary/aromatic N) is 6. The molecule has 0 spiro atoms. The zero-order chi connectivity index (χ0) is 21.5. The van der Waals surface area contributed by atoms with Crippen LogP contribution in [0.5, 0.6) is 0 Å². The van der Waals surface area contributed by atoms with Crippen molar-refractivity contribution in [2.75, 3.05) is 24.5 Å². The summed E-state index contributed by atoms with van der Waals surface area (Å²) >= 11 is 0. The van der Waals surface area contributed by atoms with E-state index in [1.165, 1.54) is 15.9 Å². The SMILES string of the molecule is O=C(c1ccccc1-n1nccn1)N1CC[C@H]2CCN(c3cncc4ccccc34)[C@H]2C1. The molecule has 0 saturated carbocycles. The highest BCUT2D eigenvalue weighted by atomic mass is 16.2. The number of benzene rings is 2. The Balaban J connectivity index is 1.30. The molecule has 7 nitrogen and oxygen atoms in total. The van der Waals surface area contributed by atoms with E-state index in [1.54, 1.807) is 12.4 Å². The predicted molar refractivity (Wildman–Crippen MR) is 123 cm³/mol. The molecule has 2 aromatic carbocycles. The summed E-state index contributed by atoms with van der Waals surface area (Å²) in [6.07, 6.45) is 9.33. The maximum Gasteiger partial charge on any atom is 0.256 e. The molecular weight excluding hydrogens is 400 g/mol. The summed E-state index contributed by atoms with van der Waals surface area (Å²) in [4.78, 5) is 24.1. The van der Waals surface area contributed by atoms with E-state index in [4.69, 9.17) is 0 Å². The van der Waals surface area contributed by atoms with Crippen LogP contribution in [-0.2, 0) is 0 Å². The van der Waals surface area contributed by atoms with Crippen molar-refractivity contribution in [1.82, 2.24) is 24.9 Å². The van der Waals surface area contributed by atoms with E-state index in [0.29, 0.717) is 29.8 Å². The molecule has 4 aromatic rings. The number of hydrogen-bond acceptors (Lipinski definition) is 5. The van der Waals surface area contributed by atoms with Crippen LogP contribution in [-0.4, -0.2) is 56.5 Å². The quantitative estimate of drug-likeness (QED) is 0.503. The van der Waals surface area contributed by atoms with Crippen LogP contribution >= 0.6 is 0 Å². The highest BCUT2D eigenvalue weighted by molar-refractivity contribution is 5.98. The first-order chi connectivity index (χ1) is 15.8. The predicted octanol–water partition coefficient (Wildman–Crippen LogP) is 3.56. The Morgan fingerprint density at radius 3 is 2.56 bits per heavy atom. The molecule has 7 heteroatoms. The van der Waals surface area contributed by atoms with E-state index in [-0.39, 0.29) is 5.91 Å². The minimum atomic E-state index is 0.0410. The van der Waals surface area contributed by atoms with Gasteiger partial charge in [-0.05, 0) is 30.9 Å². The lowest BCUT2D eigenvalue weighted by Gasteiger charge is -2.39. The van der Waals surface area contributed by atoms with Crippen LogP contribution in [0.3, 0.4) is 0 Å². The van der Waals surface area contributed by atoms with Crippen molar-refractivity contribution >= 4 is 22.4 Å². The highest BCUT2D eigenvalue weighted by Crippen LogP contribution is 2.38. The van der Waals surface area contributed by atoms with E-state index in [1.807, 2.05) is 47.6 Å². The van der Waals surface area contributed by atoms with Gasteiger partial charge in [0.15, 0.2) is 0 Å². The number of piperidine rings is 1. The Bertz CT molecular complexity index is 1270. The van der Waals surface area contributed by atoms with Crippen molar-refractivity contribution in [2.45, 2.75) is 18.9 Å². The molecule has 1 amide bonds. The van der Waals surface area contributed by atoms with Crippen molar-refractivity contribution in [1.29, 1.82) is 0 Å². The van der Waals surface area contributed by atoms with Crippen LogP contribution in [0.1, 0.15) is 23.2 Å². The fourth-order valence-electron chi connectivity index (χ4n) is 5.29. The number of amides is 1. The van der Waals surface area contributed by atoms with Crippen LogP contribution in [0.15, 0.2) is 73.3 Å². The topological polar surface area (TPSA) is 67.2 Å². The van der Waals surface area contributed by atoms with Gasteiger partial charge in [-0.2, -0.15) is 15.0 Å². The largest absolute Gasteiger partial charge is 0.365 e. The van der Waals surface area contributed by atoms with Gasteiger partial charge in [0.25, 0.3) is 5.91 Å². The molecule has 0 radical (unpaired) electrons. The number of aromatic nitrogens is 4. The number of hydrogen-bond donors (Lipinski definition) is 0. The summed E-state index contributed by atoms with van der Waals surface area (Å²) in [5, 5.41) is 10.8. The van der Waals surface area contributed by atoms with Crippen molar-refractivity contribution in [3.05, 3.63) is 78.9 Å². The van der Waals surface area contributed by atoms with Crippen LogP contribution in [0, 0.1) is 5.92 Å². The number of rotatable bonds is 3. The van der Waals surface area contributed by atoms with Crippen LogP contribution < -0.4 is 4.90 Å². The molecule has 2 aromatic heterocycles. The number of carbonyl (C=O) groups is 1. The average molecular weight is 425 g/mol. The minimum Gasteiger partial charge on any atom is -0.365 e. The van der Waals surface area contributed by atoms with Crippen molar-refractivity contribution in [3.8, 4) is 5.69 Å². The van der Waals surface area contributed by atoms with E-state index in [9.17, 15) is 4.79 Å². The standard InChI is InChI=1S/C25H24N6O/c32-25(21-7-3-4-8-22(21)31-27-11-12-28-31)29-13-9-18-10-14-30(24(18)17-29)23-16-26-15-19-5-1-2-6-20(19)23/h1-8,11-12,15-16,18,24H,9-10,13-14,17H2/t18-,24-/m0/s1. The summed E-state index contributed by atoms with van der Waals surface area (Å²) < 4.78 is 0. The minimum absolute atomic E-state index is 0.0410. The Morgan fingerprint density at radius 1 is 0.875 bits per heavy atom. The van der Waals surface area contributed by atoms with Crippen LogP contribution in [0.4, 0.5) is 5.69 Å². The Kier molecular flexibility index (Phi) is 4.60. The average Bonchev–Trinajstić information content (AvgIpc) is 3.53. The second-order valence-electron chi connectivity index (χ2n) is 8.56. The summed E-state index contributed by atoms with van der Waals surface area (Å²) in [6.45, 7) is 2.50. The first-order valence-electron chi connectivity index (χ1n) is 11.1. The molecule has 2 atom stereocenters. The number of likely N-dealkylation sites (tertiary alicyclic amines) is 1. The fraction of sp³-hybridized carbons (Fsp3) is 0.280. The molecule has 2 saturated heterocycles. The van der Waals surface area contributed by atoms with Crippen molar-refractivity contribution in [2.24, 2.45) is 5.92 Å². The molecule has 32 heavy (non-hydrogen) atoms. The van der Waals surface area contributed by atoms with Gasteiger partial charge >= 0.3 is 0 Å². The Labute approximate surface area is 186 Å². The van der Waals surface area contributed by atoms with Gasteiger partial charge in [0.05, 0.1) is 35.5 Å². The third-order valence-corrected chi connectivity index (χ3v) is 6.88. The number of pyridine rings is 1. The monoisotopic (exact) mass is 424 g/mol. The molecular formula is C25H24N6O. The zero-order valence-electron chi connectivity index (χ0n) is 17.7. The summed E-state index contributed by atoms with van der Waals surface area (Å²) in [7, 11) is 0. The Hall–Kier alpha value is -3.74. The van der Waals surface area contributed by atoms with Crippen LogP contribution in [0.25, 0.3) is 16.5 Å². The maximum absolute atomic E-state index is 13.6. The molecule has 4 heterocycles. The number of para-hydroxylation sites is 1.